The second-order valence-electron chi connectivity index (χ2n) is 4.17. The Morgan fingerprint density at radius 1 is 1.37 bits per heavy atom. The number of hydrogen-bond donors (Lipinski definition) is 1. The molecule has 0 spiro atoms. The second kappa shape index (κ2) is 7.03. The number of benzene rings is 1. The molecule has 1 N–H and O–H groups in total. The Bertz CT molecular complexity index is 544. The van der Waals surface area contributed by atoms with Gasteiger partial charge >= 0.3 is 0 Å². The van der Waals surface area contributed by atoms with Gasteiger partial charge in [0.1, 0.15) is 18.2 Å². The first-order chi connectivity index (χ1) is 9.15. The van der Waals surface area contributed by atoms with E-state index < -0.39 is 0 Å². The van der Waals surface area contributed by atoms with Crippen LogP contribution in [0.15, 0.2) is 34.1 Å². The van der Waals surface area contributed by atoms with Crippen LogP contribution in [0.3, 0.4) is 0 Å². The van der Waals surface area contributed by atoms with Crippen molar-refractivity contribution in [3.05, 3.63) is 50.4 Å². The fourth-order valence-electron chi connectivity index (χ4n) is 1.61. The molecule has 102 valence electrons. The van der Waals surface area contributed by atoms with Crippen molar-refractivity contribution in [2.75, 3.05) is 13.2 Å². The van der Waals surface area contributed by atoms with Crippen LogP contribution < -0.4 is 10.1 Å². The van der Waals surface area contributed by atoms with Gasteiger partial charge in [-0.05, 0) is 52.7 Å². The zero-order valence-corrected chi connectivity index (χ0v) is 13.0. The lowest BCUT2D eigenvalue weighted by molar-refractivity contribution is 0.313. The fraction of sp³-hybridized carbons (Fsp3) is 0.286. The highest BCUT2D eigenvalue weighted by atomic mass is 79.9. The van der Waals surface area contributed by atoms with Crippen LogP contribution in [0.1, 0.15) is 10.4 Å². The number of nitrogens with one attached hydrogen (secondary N) is 1. The first kappa shape index (κ1) is 14.5. The Kier molecular flexibility index (Phi) is 5.36. The van der Waals surface area contributed by atoms with Gasteiger partial charge in [-0.25, -0.2) is 4.39 Å². The third-order valence-electron chi connectivity index (χ3n) is 2.60. The van der Waals surface area contributed by atoms with Crippen LogP contribution in [0.4, 0.5) is 4.39 Å². The average molecular weight is 344 g/mol. The topological polar surface area (TPSA) is 21.3 Å². The second-order valence-corrected chi connectivity index (χ2v) is 6.08. The highest BCUT2D eigenvalue weighted by molar-refractivity contribution is 9.10. The minimum atomic E-state index is -0.200. The van der Waals surface area contributed by atoms with E-state index in [1.165, 1.54) is 10.9 Å². The van der Waals surface area contributed by atoms with Crippen molar-refractivity contribution in [1.29, 1.82) is 0 Å². The van der Waals surface area contributed by atoms with E-state index in [9.17, 15) is 4.39 Å². The largest absolute Gasteiger partial charge is 0.492 e. The number of rotatable bonds is 6. The standard InChI is InChI=1S/C14H15BrFNOS/c1-10-6-12(2-3-14(10)16)18-5-4-17-8-13-7-11(15)9-19-13/h2-3,6-7,9,17H,4-5,8H2,1H3. The van der Waals surface area contributed by atoms with Crippen molar-refractivity contribution >= 4 is 27.3 Å². The van der Waals surface area contributed by atoms with E-state index in [1.807, 2.05) is 0 Å². The SMILES string of the molecule is Cc1cc(OCCNCc2cc(Br)cs2)ccc1F. The number of aryl methyl sites for hydroxylation is 1. The molecule has 0 atom stereocenters. The van der Waals surface area contributed by atoms with Crippen molar-refractivity contribution < 1.29 is 9.13 Å². The Hall–Kier alpha value is -0.910. The van der Waals surface area contributed by atoms with E-state index in [4.69, 9.17) is 4.74 Å². The van der Waals surface area contributed by atoms with Gasteiger partial charge in [-0.3, -0.25) is 0 Å². The summed E-state index contributed by atoms with van der Waals surface area (Å²) < 4.78 is 19.7. The first-order valence-electron chi connectivity index (χ1n) is 5.98. The summed E-state index contributed by atoms with van der Waals surface area (Å²) in [6.07, 6.45) is 0. The number of hydrogen-bond acceptors (Lipinski definition) is 3. The molecule has 0 radical (unpaired) electrons. The molecule has 0 unspecified atom stereocenters. The van der Waals surface area contributed by atoms with Crippen molar-refractivity contribution in [1.82, 2.24) is 5.32 Å². The summed E-state index contributed by atoms with van der Waals surface area (Å²) in [6.45, 7) is 3.89. The minimum absolute atomic E-state index is 0.200. The van der Waals surface area contributed by atoms with E-state index in [1.54, 1.807) is 30.4 Å². The molecular formula is C14H15BrFNOS. The molecule has 5 heteroatoms. The number of thiophene rings is 1. The van der Waals surface area contributed by atoms with Crippen LogP contribution in [0.25, 0.3) is 0 Å². The summed E-state index contributed by atoms with van der Waals surface area (Å²) in [5.74, 6) is 0.508. The number of ether oxygens (including phenoxy) is 1. The summed E-state index contributed by atoms with van der Waals surface area (Å²) in [4.78, 5) is 1.28. The van der Waals surface area contributed by atoms with E-state index in [-0.39, 0.29) is 5.82 Å². The number of halogens is 2. The first-order valence-corrected chi connectivity index (χ1v) is 7.65. The van der Waals surface area contributed by atoms with E-state index in [2.05, 4.69) is 32.7 Å². The molecule has 2 nitrogen and oxygen atoms in total. The third-order valence-corrected chi connectivity index (χ3v) is 4.30. The normalized spacial score (nSPS) is 10.7. The molecule has 1 heterocycles. The maximum absolute atomic E-state index is 13.1. The molecule has 2 aromatic rings. The molecule has 0 aliphatic carbocycles. The van der Waals surface area contributed by atoms with E-state index in [0.29, 0.717) is 17.9 Å². The lowest BCUT2D eigenvalue weighted by atomic mass is 10.2. The lowest BCUT2D eigenvalue weighted by Crippen LogP contribution is -2.20. The molecule has 19 heavy (non-hydrogen) atoms. The molecule has 1 aromatic carbocycles. The van der Waals surface area contributed by atoms with Gasteiger partial charge in [0.25, 0.3) is 0 Å². The van der Waals surface area contributed by atoms with Crippen molar-refractivity contribution in [3.8, 4) is 5.75 Å². The minimum Gasteiger partial charge on any atom is -0.492 e. The average Bonchev–Trinajstić information content (AvgIpc) is 2.79. The summed E-state index contributed by atoms with van der Waals surface area (Å²) >= 11 is 5.14. The summed E-state index contributed by atoms with van der Waals surface area (Å²) in [7, 11) is 0. The predicted molar refractivity (Wildman–Crippen MR) is 80.4 cm³/mol. The Morgan fingerprint density at radius 2 is 2.21 bits per heavy atom. The smallest absolute Gasteiger partial charge is 0.126 e. The van der Waals surface area contributed by atoms with Crippen LogP contribution in [-0.4, -0.2) is 13.2 Å². The van der Waals surface area contributed by atoms with Crippen molar-refractivity contribution in [3.63, 3.8) is 0 Å². The van der Waals surface area contributed by atoms with Gasteiger partial charge in [-0.15, -0.1) is 11.3 Å². The zero-order chi connectivity index (χ0) is 13.7. The summed E-state index contributed by atoms with van der Waals surface area (Å²) in [5.41, 5.74) is 0.605. The molecule has 0 saturated carbocycles. The highest BCUT2D eigenvalue weighted by Crippen LogP contribution is 2.19. The van der Waals surface area contributed by atoms with Crippen molar-refractivity contribution in [2.24, 2.45) is 0 Å². The third kappa shape index (κ3) is 4.60. The van der Waals surface area contributed by atoms with Crippen LogP contribution in [0.2, 0.25) is 0 Å². The zero-order valence-electron chi connectivity index (χ0n) is 10.6. The van der Waals surface area contributed by atoms with Gasteiger partial charge in [-0.1, -0.05) is 0 Å². The summed E-state index contributed by atoms with van der Waals surface area (Å²) in [5, 5.41) is 5.37. The quantitative estimate of drug-likeness (QED) is 0.796. The molecule has 0 aliphatic rings. The monoisotopic (exact) mass is 343 g/mol. The van der Waals surface area contributed by atoms with Crippen molar-refractivity contribution in [2.45, 2.75) is 13.5 Å². The molecule has 0 amide bonds. The molecule has 1 aromatic heterocycles. The van der Waals surface area contributed by atoms with Crippen LogP contribution in [0, 0.1) is 12.7 Å². The van der Waals surface area contributed by atoms with Gasteiger partial charge in [0.2, 0.25) is 0 Å². The molecule has 0 bridgehead atoms. The lowest BCUT2D eigenvalue weighted by Gasteiger charge is -2.08. The maximum Gasteiger partial charge on any atom is 0.126 e. The predicted octanol–water partition coefficient (Wildman–Crippen LogP) is 4.13. The Balaban J connectivity index is 1.67. The van der Waals surface area contributed by atoms with E-state index in [0.717, 1.165) is 17.6 Å². The van der Waals surface area contributed by atoms with E-state index >= 15 is 0 Å². The summed E-state index contributed by atoms with van der Waals surface area (Å²) in [6, 6.07) is 6.90. The molecule has 0 aliphatic heterocycles. The van der Waals surface area contributed by atoms with Gasteiger partial charge in [0.05, 0.1) is 0 Å². The molecule has 2 rings (SSSR count). The highest BCUT2D eigenvalue weighted by Gasteiger charge is 2.00. The van der Waals surface area contributed by atoms with Gasteiger partial charge in [-0.2, -0.15) is 0 Å². The van der Waals surface area contributed by atoms with Gasteiger partial charge < -0.3 is 10.1 Å². The van der Waals surface area contributed by atoms with Gasteiger partial charge in [0.15, 0.2) is 0 Å². The van der Waals surface area contributed by atoms with Crippen LogP contribution in [0.5, 0.6) is 5.75 Å². The maximum atomic E-state index is 13.1. The van der Waals surface area contributed by atoms with Crippen LogP contribution >= 0.6 is 27.3 Å². The molecule has 0 fully saturated rings. The molecule has 0 saturated heterocycles. The Labute approximate surface area is 124 Å². The fourth-order valence-corrected chi connectivity index (χ4v) is 3.03. The van der Waals surface area contributed by atoms with Crippen LogP contribution in [-0.2, 0) is 6.54 Å². The Morgan fingerprint density at radius 3 is 2.89 bits per heavy atom. The molecular weight excluding hydrogens is 329 g/mol. The van der Waals surface area contributed by atoms with Gasteiger partial charge in [0, 0.05) is 27.8 Å².